The van der Waals surface area contributed by atoms with E-state index in [2.05, 4.69) is 26.1 Å². The van der Waals surface area contributed by atoms with Crippen LogP contribution in [0.1, 0.15) is 5.89 Å². The molecule has 0 atom stereocenters. The van der Waals surface area contributed by atoms with Crippen LogP contribution in [0.3, 0.4) is 0 Å². The van der Waals surface area contributed by atoms with Crippen LogP contribution in [-0.4, -0.2) is 15.2 Å². The van der Waals surface area contributed by atoms with Gasteiger partial charge in [-0.25, -0.2) is 4.39 Å². The molecule has 0 aliphatic heterocycles. The smallest absolute Gasteiger partial charge is 0.240 e. The van der Waals surface area contributed by atoms with Gasteiger partial charge in [-0.2, -0.15) is 4.98 Å². The third-order valence-corrected chi connectivity index (χ3v) is 2.55. The van der Waals surface area contributed by atoms with Crippen molar-refractivity contribution >= 4 is 15.9 Å². The van der Waals surface area contributed by atoms with Gasteiger partial charge in [0.2, 0.25) is 11.7 Å². The third kappa shape index (κ3) is 1.79. The average molecular weight is 288 g/mol. The van der Waals surface area contributed by atoms with Crippen LogP contribution in [0.2, 0.25) is 0 Å². The molecule has 0 amide bonds. The number of aromatic nitrogens is 2. The van der Waals surface area contributed by atoms with Gasteiger partial charge < -0.3 is 15.4 Å². The molecule has 7 heteroatoms. The summed E-state index contributed by atoms with van der Waals surface area (Å²) in [7, 11) is 0. The molecule has 0 aliphatic carbocycles. The second kappa shape index (κ2) is 4.18. The highest BCUT2D eigenvalue weighted by Gasteiger charge is 2.18. The number of rotatable bonds is 2. The van der Waals surface area contributed by atoms with Crippen molar-refractivity contribution in [1.29, 1.82) is 0 Å². The van der Waals surface area contributed by atoms with Crippen LogP contribution in [0.15, 0.2) is 21.1 Å². The molecule has 16 heavy (non-hydrogen) atoms. The average Bonchev–Trinajstić information content (AvgIpc) is 2.73. The Morgan fingerprint density at radius 3 is 2.88 bits per heavy atom. The largest absolute Gasteiger partial charge is 0.507 e. The highest BCUT2D eigenvalue weighted by atomic mass is 79.9. The van der Waals surface area contributed by atoms with Crippen LogP contribution in [-0.2, 0) is 6.54 Å². The number of aromatic hydroxyl groups is 1. The lowest BCUT2D eigenvalue weighted by Crippen LogP contribution is -1.96. The summed E-state index contributed by atoms with van der Waals surface area (Å²) in [6.45, 7) is 0.0589. The molecule has 1 heterocycles. The van der Waals surface area contributed by atoms with Crippen LogP contribution in [0.25, 0.3) is 11.4 Å². The molecule has 1 aromatic carbocycles. The van der Waals surface area contributed by atoms with Crippen LogP contribution in [0.4, 0.5) is 4.39 Å². The van der Waals surface area contributed by atoms with Gasteiger partial charge in [0.15, 0.2) is 5.82 Å². The van der Waals surface area contributed by atoms with Gasteiger partial charge in [-0.3, -0.25) is 0 Å². The first-order valence-corrected chi connectivity index (χ1v) is 5.12. The predicted molar refractivity (Wildman–Crippen MR) is 56.9 cm³/mol. The van der Waals surface area contributed by atoms with Crippen molar-refractivity contribution < 1.29 is 14.0 Å². The van der Waals surface area contributed by atoms with Crippen molar-refractivity contribution in [1.82, 2.24) is 10.1 Å². The molecule has 1 aromatic heterocycles. The lowest BCUT2D eigenvalue weighted by atomic mass is 10.2. The maximum Gasteiger partial charge on any atom is 0.240 e. The minimum absolute atomic E-state index is 0.0308. The molecule has 0 fully saturated rings. The van der Waals surface area contributed by atoms with Gasteiger partial charge in [0.05, 0.1) is 11.0 Å². The predicted octanol–water partition coefficient (Wildman–Crippen LogP) is 1.80. The molecule has 0 saturated heterocycles. The topological polar surface area (TPSA) is 85.2 Å². The van der Waals surface area contributed by atoms with E-state index in [0.717, 1.165) is 0 Å². The summed E-state index contributed by atoms with van der Waals surface area (Å²) >= 11 is 3.00. The van der Waals surface area contributed by atoms with Crippen LogP contribution in [0, 0.1) is 5.82 Å². The van der Waals surface area contributed by atoms with E-state index in [-0.39, 0.29) is 34.0 Å². The van der Waals surface area contributed by atoms with Gasteiger partial charge in [-0.15, -0.1) is 0 Å². The first-order chi connectivity index (χ1) is 7.63. The quantitative estimate of drug-likeness (QED) is 0.880. The molecule has 0 bridgehead atoms. The Labute approximate surface area is 98.2 Å². The third-order valence-electron chi connectivity index (χ3n) is 1.94. The maximum atomic E-state index is 13.7. The van der Waals surface area contributed by atoms with E-state index >= 15 is 0 Å². The number of halogens is 2. The van der Waals surface area contributed by atoms with E-state index in [0.29, 0.717) is 0 Å². The van der Waals surface area contributed by atoms with Crippen molar-refractivity contribution in [2.45, 2.75) is 6.54 Å². The van der Waals surface area contributed by atoms with E-state index in [1.807, 2.05) is 0 Å². The summed E-state index contributed by atoms with van der Waals surface area (Å²) in [5, 5.41) is 13.1. The van der Waals surface area contributed by atoms with E-state index in [1.165, 1.54) is 12.1 Å². The first-order valence-electron chi connectivity index (χ1n) is 4.33. The number of hydrogen-bond donors (Lipinski definition) is 2. The molecular weight excluding hydrogens is 281 g/mol. The SMILES string of the molecule is NCc1nc(-c2c(O)ccc(Br)c2F)no1. The molecule has 0 unspecified atom stereocenters. The molecule has 0 radical (unpaired) electrons. The minimum Gasteiger partial charge on any atom is -0.507 e. The van der Waals surface area contributed by atoms with Crippen molar-refractivity contribution in [2.24, 2.45) is 5.73 Å². The monoisotopic (exact) mass is 287 g/mol. The molecular formula is C9H7BrFN3O2. The summed E-state index contributed by atoms with van der Waals surface area (Å²) in [4.78, 5) is 3.84. The van der Waals surface area contributed by atoms with Crippen LogP contribution >= 0.6 is 15.9 Å². The molecule has 5 nitrogen and oxygen atoms in total. The Morgan fingerprint density at radius 1 is 1.50 bits per heavy atom. The van der Waals surface area contributed by atoms with Crippen molar-refractivity contribution in [3.8, 4) is 17.1 Å². The number of benzene rings is 1. The van der Waals surface area contributed by atoms with Crippen molar-refractivity contribution in [3.63, 3.8) is 0 Å². The minimum atomic E-state index is -0.649. The fourth-order valence-electron chi connectivity index (χ4n) is 1.19. The standard InChI is InChI=1S/C9H7BrFN3O2/c10-4-1-2-5(15)7(8(4)11)9-13-6(3-12)16-14-9/h1-2,15H,3,12H2. The second-order valence-corrected chi connectivity index (χ2v) is 3.83. The first kappa shape index (κ1) is 11.0. The van der Waals surface area contributed by atoms with Crippen LogP contribution < -0.4 is 5.73 Å². The number of hydrogen-bond acceptors (Lipinski definition) is 5. The second-order valence-electron chi connectivity index (χ2n) is 2.97. The summed E-state index contributed by atoms with van der Waals surface area (Å²) in [5.41, 5.74) is 5.17. The fourth-order valence-corrected chi connectivity index (χ4v) is 1.52. The van der Waals surface area contributed by atoms with E-state index in [1.54, 1.807) is 0 Å². The molecule has 0 spiro atoms. The van der Waals surface area contributed by atoms with Gasteiger partial charge in [0.1, 0.15) is 11.3 Å². The highest BCUT2D eigenvalue weighted by molar-refractivity contribution is 9.10. The lowest BCUT2D eigenvalue weighted by molar-refractivity contribution is 0.380. The summed E-state index contributed by atoms with van der Waals surface area (Å²) in [6.07, 6.45) is 0. The fraction of sp³-hybridized carbons (Fsp3) is 0.111. The van der Waals surface area contributed by atoms with Gasteiger partial charge in [-0.05, 0) is 28.1 Å². The van der Waals surface area contributed by atoms with E-state index < -0.39 is 5.82 Å². The number of nitrogens with zero attached hydrogens (tertiary/aromatic N) is 2. The van der Waals surface area contributed by atoms with Crippen LogP contribution in [0.5, 0.6) is 5.75 Å². The number of phenolic OH excluding ortho intramolecular Hbond substituents is 1. The van der Waals surface area contributed by atoms with E-state index in [4.69, 9.17) is 10.3 Å². The zero-order valence-electron chi connectivity index (χ0n) is 7.94. The summed E-state index contributed by atoms with van der Waals surface area (Å²) < 4.78 is 18.6. The molecule has 2 aromatic rings. The Hall–Kier alpha value is -1.47. The molecule has 84 valence electrons. The normalized spacial score (nSPS) is 10.7. The van der Waals surface area contributed by atoms with Crippen molar-refractivity contribution in [3.05, 3.63) is 28.3 Å². The Morgan fingerprint density at radius 2 is 2.25 bits per heavy atom. The summed E-state index contributed by atoms with van der Waals surface area (Å²) in [6, 6.07) is 2.72. The maximum absolute atomic E-state index is 13.7. The number of nitrogens with two attached hydrogens (primary N) is 1. The number of phenols is 1. The van der Waals surface area contributed by atoms with Gasteiger partial charge in [-0.1, -0.05) is 5.16 Å². The van der Waals surface area contributed by atoms with Gasteiger partial charge >= 0.3 is 0 Å². The zero-order valence-corrected chi connectivity index (χ0v) is 9.53. The molecule has 3 N–H and O–H groups in total. The van der Waals surface area contributed by atoms with Gasteiger partial charge in [0, 0.05) is 0 Å². The zero-order chi connectivity index (χ0) is 11.7. The molecule has 0 saturated carbocycles. The highest BCUT2D eigenvalue weighted by Crippen LogP contribution is 2.33. The Bertz CT molecular complexity index is 529. The molecule has 0 aliphatic rings. The lowest BCUT2D eigenvalue weighted by Gasteiger charge is -2.02. The van der Waals surface area contributed by atoms with Gasteiger partial charge in [0.25, 0.3) is 0 Å². The Kier molecular flexibility index (Phi) is 2.88. The van der Waals surface area contributed by atoms with E-state index in [9.17, 15) is 9.50 Å². The molecule has 2 rings (SSSR count). The van der Waals surface area contributed by atoms with Crippen molar-refractivity contribution in [2.75, 3.05) is 0 Å². The Balaban J connectivity index is 2.58. The summed E-state index contributed by atoms with van der Waals surface area (Å²) in [5.74, 6) is -0.764.